The molecule has 1 aromatic carbocycles. The van der Waals surface area contributed by atoms with E-state index in [1.807, 2.05) is 18.7 Å². The second-order valence-corrected chi connectivity index (χ2v) is 6.60. The number of carbonyl (C=O) groups is 1. The number of likely N-dealkylation sites (N-methyl/N-ethyl adjacent to an activating group) is 1. The lowest BCUT2D eigenvalue weighted by Gasteiger charge is -2.33. The third-order valence-corrected chi connectivity index (χ3v) is 4.90. The predicted molar refractivity (Wildman–Crippen MR) is 91.8 cm³/mol. The zero-order chi connectivity index (χ0) is 17.5. The van der Waals surface area contributed by atoms with Gasteiger partial charge in [-0.1, -0.05) is 6.07 Å². The smallest absolute Gasteiger partial charge is 0.236 e. The van der Waals surface area contributed by atoms with Crippen LogP contribution in [0.4, 0.5) is 8.78 Å². The van der Waals surface area contributed by atoms with Crippen molar-refractivity contribution in [1.29, 1.82) is 0 Å². The van der Waals surface area contributed by atoms with E-state index in [9.17, 15) is 13.6 Å². The molecule has 1 saturated heterocycles. The van der Waals surface area contributed by atoms with Crippen molar-refractivity contribution < 1.29 is 13.6 Å². The number of benzene rings is 1. The summed E-state index contributed by atoms with van der Waals surface area (Å²) in [5.41, 5.74) is 0.838. The molecule has 1 aliphatic heterocycles. The van der Waals surface area contributed by atoms with E-state index in [0.29, 0.717) is 12.5 Å². The Morgan fingerprint density at radius 3 is 2.67 bits per heavy atom. The maximum absolute atomic E-state index is 13.3. The third kappa shape index (κ3) is 5.26. The quantitative estimate of drug-likeness (QED) is 0.760. The number of piperidine rings is 1. The Kier molecular flexibility index (Phi) is 7.16. The Bertz CT molecular complexity index is 546. The maximum Gasteiger partial charge on any atom is 0.236 e. The fourth-order valence-electron chi connectivity index (χ4n) is 3.46. The highest BCUT2D eigenvalue weighted by molar-refractivity contribution is 5.78. The number of nitrogens with zero attached hydrogens (tertiary/aromatic N) is 2. The second kappa shape index (κ2) is 9.11. The van der Waals surface area contributed by atoms with Crippen LogP contribution in [0, 0.1) is 17.6 Å². The Labute approximate surface area is 143 Å². The first-order valence-corrected chi connectivity index (χ1v) is 8.97. The summed E-state index contributed by atoms with van der Waals surface area (Å²) in [5, 5.41) is 0. The molecule has 0 N–H and O–H groups in total. The molecule has 24 heavy (non-hydrogen) atoms. The van der Waals surface area contributed by atoms with Crippen LogP contribution in [0.3, 0.4) is 0 Å². The normalized spacial score (nSPS) is 18.6. The minimum absolute atomic E-state index is 0.196. The first-order valence-electron chi connectivity index (χ1n) is 8.97. The van der Waals surface area contributed by atoms with Crippen LogP contribution in [-0.4, -0.2) is 48.4 Å². The van der Waals surface area contributed by atoms with Gasteiger partial charge < -0.3 is 4.90 Å². The van der Waals surface area contributed by atoms with Gasteiger partial charge in [0, 0.05) is 19.6 Å². The topological polar surface area (TPSA) is 23.6 Å². The zero-order valence-corrected chi connectivity index (χ0v) is 14.7. The summed E-state index contributed by atoms with van der Waals surface area (Å²) in [6.07, 6.45) is 3.92. The Morgan fingerprint density at radius 1 is 1.25 bits per heavy atom. The molecule has 1 fully saturated rings. The fourth-order valence-corrected chi connectivity index (χ4v) is 3.46. The van der Waals surface area contributed by atoms with E-state index in [1.54, 1.807) is 6.07 Å². The molecular weight excluding hydrogens is 310 g/mol. The molecule has 0 radical (unpaired) electrons. The van der Waals surface area contributed by atoms with Crippen molar-refractivity contribution in [2.75, 3.05) is 32.7 Å². The van der Waals surface area contributed by atoms with Crippen LogP contribution in [0.2, 0.25) is 0 Å². The predicted octanol–water partition coefficient (Wildman–Crippen LogP) is 3.48. The average molecular weight is 338 g/mol. The lowest BCUT2D eigenvalue weighted by atomic mass is 9.91. The van der Waals surface area contributed by atoms with Crippen molar-refractivity contribution in [1.82, 2.24) is 9.80 Å². The van der Waals surface area contributed by atoms with Gasteiger partial charge in [-0.2, -0.15) is 0 Å². The summed E-state index contributed by atoms with van der Waals surface area (Å²) < 4.78 is 26.2. The lowest BCUT2D eigenvalue weighted by Crippen LogP contribution is -2.44. The van der Waals surface area contributed by atoms with E-state index >= 15 is 0 Å². The fraction of sp³-hybridized carbons (Fsp3) is 0.632. The van der Waals surface area contributed by atoms with Crippen molar-refractivity contribution in [3.63, 3.8) is 0 Å². The summed E-state index contributed by atoms with van der Waals surface area (Å²) in [4.78, 5) is 16.3. The van der Waals surface area contributed by atoms with Gasteiger partial charge in [0.1, 0.15) is 0 Å². The number of hydrogen-bond donors (Lipinski definition) is 0. The Balaban J connectivity index is 1.82. The number of amides is 1. The molecule has 134 valence electrons. The number of carbonyl (C=O) groups excluding carboxylic acids is 1. The van der Waals surface area contributed by atoms with E-state index in [0.717, 1.165) is 57.4 Å². The van der Waals surface area contributed by atoms with Crippen LogP contribution >= 0.6 is 0 Å². The number of hydrogen-bond acceptors (Lipinski definition) is 2. The maximum atomic E-state index is 13.3. The highest BCUT2D eigenvalue weighted by Gasteiger charge is 2.23. The SMILES string of the molecule is CCN(CC)C(=O)CN1CCC[C@@H](CCc2ccc(F)c(F)c2)C1. The molecule has 1 atom stereocenters. The molecule has 0 spiro atoms. The van der Waals surface area contributed by atoms with Gasteiger partial charge in [-0.05, 0) is 69.7 Å². The molecule has 3 nitrogen and oxygen atoms in total. The van der Waals surface area contributed by atoms with Crippen LogP contribution in [0.15, 0.2) is 18.2 Å². The molecule has 1 aromatic rings. The van der Waals surface area contributed by atoms with Crippen molar-refractivity contribution >= 4 is 5.91 Å². The molecule has 0 aliphatic carbocycles. The lowest BCUT2D eigenvalue weighted by molar-refractivity contribution is -0.132. The molecule has 0 bridgehead atoms. The first kappa shape index (κ1) is 18.8. The van der Waals surface area contributed by atoms with Crippen LogP contribution in [0.25, 0.3) is 0 Å². The standard InChI is InChI=1S/C19H28F2N2O/c1-3-23(4-2)19(24)14-22-11-5-6-16(13-22)8-7-15-9-10-17(20)18(21)12-15/h9-10,12,16H,3-8,11,13-14H2,1-2H3/t16-/m0/s1. The van der Waals surface area contributed by atoms with Gasteiger partial charge in [0.25, 0.3) is 0 Å². The minimum Gasteiger partial charge on any atom is -0.342 e. The van der Waals surface area contributed by atoms with Crippen molar-refractivity contribution in [2.45, 2.75) is 39.5 Å². The monoisotopic (exact) mass is 338 g/mol. The van der Waals surface area contributed by atoms with Crippen LogP contribution < -0.4 is 0 Å². The van der Waals surface area contributed by atoms with Crippen molar-refractivity contribution in [3.05, 3.63) is 35.4 Å². The number of halogens is 2. The molecule has 0 saturated carbocycles. The Hall–Kier alpha value is -1.49. The summed E-state index contributed by atoms with van der Waals surface area (Å²) >= 11 is 0. The van der Waals surface area contributed by atoms with E-state index in [1.165, 1.54) is 12.1 Å². The highest BCUT2D eigenvalue weighted by atomic mass is 19.2. The zero-order valence-electron chi connectivity index (χ0n) is 14.7. The Morgan fingerprint density at radius 2 is 2.00 bits per heavy atom. The minimum atomic E-state index is -0.794. The van der Waals surface area contributed by atoms with E-state index in [2.05, 4.69) is 4.90 Å². The van der Waals surface area contributed by atoms with Crippen LogP contribution in [0.5, 0.6) is 0 Å². The number of aryl methyl sites for hydroxylation is 1. The molecule has 0 unspecified atom stereocenters. The molecule has 2 rings (SSSR count). The summed E-state index contributed by atoms with van der Waals surface area (Å²) in [5.74, 6) is -0.863. The van der Waals surface area contributed by atoms with Gasteiger partial charge in [0.2, 0.25) is 5.91 Å². The van der Waals surface area contributed by atoms with Gasteiger partial charge in [0.05, 0.1) is 6.54 Å². The van der Waals surface area contributed by atoms with Gasteiger partial charge >= 0.3 is 0 Å². The average Bonchev–Trinajstić information content (AvgIpc) is 2.57. The van der Waals surface area contributed by atoms with Gasteiger partial charge in [-0.3, -0.25) is 9.69 Å². The van der Waals surface area contributed by atoms with Crippen molar-refractivity contribution in [3.8, 4) is 0 Å². The third-order valence-electron chi connectivity index (χ3n) is 4.90. The molecule has 1 heterocycles. The molecule has 0 aromatic heterocycles. The first-order chi connectivity index (χ1) is 11.5. The number of likely N-dealkylation sites (tertiary alicyclic amines) is 1. The highest BCUT2D eigenvalue weighted by Crippen LogP contribution is 2.22. The van der Waals surface area contributed by atoms with E-state index in [-0.39, 0.29) is 5.91 Å². The molecular formula is C19H28F2N2O. The summed E-state index contributed by atoms with van der Waals surface area (Å²) in [6, 6.07) is 4.14. The van der Waals surface area contributed by atoms with Crippen LogP contribution in [-0.2, 0) is 11.2 Å². The van der Waals surface area contributed by atoms with Crippen LogP contribution in [0.1, 0.15) is 38.7 Å². The molecule has 1 amide bonds. The van der Waals surface area contributed by atoms with Gasteiger partial charge in [-0.15, -0.1) is 0 Å². The summed E-state index contributed by atoms with van der Waals surface area (Å²) in [7, 11) is 0. The van der Waals surface area contributed by atoms with Crippen molar-refractivity contribution in [2.24, 2.45) is 5.92 Å². The second-order valence-electron chi connectivity index (χ2n) is 6.60. The van der Waals surface area contributed by atoms with E-state index < -0.39 is 11.6 Å². The van der Waals surface area contributed by atoms with E-state index in [4.69, 9.17) is 0 Å². The number of rotatable bonds is 7. The largest absolute Gasteiger partial charge is 0.342 e. The summed E-state index contributed by atoms with van der Waals surface area (Å²) in [6.45, 7) is 7.88. The molecule has 1 aliphatic rings. The van der Waals surface area contributed by atoms with Gasteiger partial charge in [-0.25, -0.2) is 8.78 Å². The van der Waals surface area contributed by atoms with Gasteiger partial charge in [0.15, 0.2) is 11.6 Å². The molecule has 5 heteroatoms.